The Balaban J connectivity index is 2.28. The monoisotopic (exact) mass is 137 g/mol. The van der Waals surface area contributed by atoms with E-state index in [0.29, 0.717) is 0 Å². The van der Waals surface area contributed by atoms with Crippen molar-refractivity contribution in [1.29, 1.82) is 0 Å². The van der Waals surface area contributed by atoms with Gasteiger partial charge in [0.25, 0.3) is 0 Å². The molecule has 0 atom stereocenters. The first-order valence-corrected chi connectivity index (χ1v) is 3.67. The zero-order valence-electron chi connectivity index (χ0n) is 5.88. The van der Waals surface area contributed by atoms with Gasteiger partial charge in [-0.1, -0.05) is 0 Å². The summed E-state index contributed by atoms with van der Waals surface area (Å²) in [6, 6.07) is 0. The second-order valence-corrected chi connectivity index (χ2v) is 2.57. The standard InChI is InChI=1S/C7H11N3/c1-2-7-9-4-5-10(7)6-8-3-1/h4-5,8H,1-3,6H2. The second kappa shape index (κ2) is 2.42. The summed E-state index contributed by atoms with van der Waals surface area (Å²) in [6.07, 6.45) is 6.20. The normalized spacial score (nSPS) is 18.0. The lowest BCUT2D eigenvalue weighted by Crippen LogP contribution is -2.16. The topological polar surface area (TPSA) is 29.9 Å². The van der Waals surface area contributed by atoms with E-state index in [0.717, 1.165) is 19.6 Å². The van der Waals surface area contributed by atoms with E-state index in [1.165, 1.54) is 12.2 Å². The van der Waals surface area contributed by atoms with Crippen LogP contribution in [0.3, 0.4) is 0 Å². The van der Waals surface area contributed by atoms with Crippen molar-refractivity contribution in [3.8, 4) is 0 Å². The first kappa shape index (κ1) is 5.92. The minimum atomic E-state index is 0.926. The molecule has 0 spiro atoms. The summed E-state index contributed by atoms with van der Waals surface area (Å²) < 4.78 is 2.16. The fourth-order valence-electron chi connectivity index (χ4n) is 1.28. The second-order valence-electron chi connectivity index (χ2n) is 2.57. The summed E-state index contributed by atoms with van der Waals surface area (Å²) in [6.45, 7) is 2.04. The molecule has 0 aliphatic carbocycles. The molecular weight excluding hydrogens is 126 g/mol. The van der Waals surface area contributed by atoms with Gasteiger partial charge < -0.3 is 4.57 Å². The number of hydrogen-bond donors (Lipinski definition) is 1. The lowest BCUT2D eigenvalue weighted by Gasteiger charge is -2.00. The van der Waals surface area contributed by atoms with Gasteiger partial charge in [-0.25, -0.2) is 4.98 Å². The molecule has 1 N–H and O–H groups in total. The van der Waals surface area contributed by atoms with Crippen molar-refractivity contribution in [1.82, 2.24) is 14.9 Å². The van der Waals surface area contributed by atoms with Crippen molar-refractivity contribution in [2.75, 3.05) is 6.54 Å². The maximum Gasteiger partial charge on any atom is 0.109 e. The molecule has 3 nitrogen and oxygen atoms in total. The number of nitrogens with zero attached hydrogens (tertiary/aromatic N) is 2. The number of imidazole rings is 1. The Bertz CT molecular complexity index is 196. The maximum atomic E-state index is 4.24. The highest BCUT2D eigenvalue weighted by Crippen LogP contribution is 2.02. The van der Waals surface area contributed by atoms with E-state index in [2.05, 4.69) is 14.9 Å². The Morgan fingerprint density at radius 1 is 1.60 bits per heavy atom. The van der Waals surface area contributed by atoms with Crippen LogP contribution in [0, 0.1) is 0 Å². The third-order valence-corrected chi connectivity index (χ3v) is 1.84. The van der Waals surface area contributed by atoms with Crippen molar-refractivity contribution in [2.45, 2.75) is 19.5 Å². The number of fused-ring (bicyclic) bond motifs is 1. The summed E-state index contributed by atoms with van der Waals surface area (Å²) in [7, 11) is 0. The van der Waals surface area contributed by atoms with Crippen LogP contribution >= 0.6 is 0 Å². The molecular formula is C7H11N3. The summed E-state index contributed by atoms with van der Waals surface area (Å²) in [5.41, 5.74) is 0. The molecule has 0 unspecified atom stereocenters. The zero-order valence-corrected chi connectivity index (χ0v) is 5.88. The van der Waals surface area contributed by atoms with Crippen LogP contribution in [-0.2, 0) is 13.1 Å². The summed E-state index contributed by atoms with van der Waals surface area (Å²) in [5.74, 6) is 1.21. The Kier molecular flexibility index (Phi) is 1.43. The number of rotatable bonds is 0. The smallest absolute Gasteiger partial charge is 0.109 e. The lowest BCUT2D eigenvalue weighted by atomic mass is 10.3. The highest BCUT2D eigenvalue weighted by atomic mass is 15.2. The van der Waals surface area contributed by atoms with Gasteiger partial charge >= 0.3 is 0 Å². The number of hydrogen-bond acceptors (Lipinski definition) is 2. The highest BCUT2D eigenvalue weighted by Gasteiger charge is 2.04. The first-order chi connectivity index (χ1) is 4.97. The molecule has 1 aromatic heterocycles. The highest BCUT2D eigenvalue weighted by molar-refractivity contribution is 4.93. The average molecular weight is 137 g/mol. The van der Waals surface area contributed by atoms with Crippen molar-refractivity contribution < 1.29 is 0 Å². The summed E-state index contributed by atoms with van der Waals surface area (Å²) in [4.78, 5) is 4.24. The van der Waals surface area contributed by atoms with Crippen molar-refractivity contribution in [2.24, 2.45) is 0 Å². The van der Waals surface area contributed by atoms with E-state index >= 15 is 0 Å². The molecule has 2 heterocycles. The summed E-state index contributed by atoms with van der Waals surface area (Å²) >= 11 is 0. The molecule has 10 heavy (non-hydrogen) atoms. The molecule has 0 amide bonds. The van der Waals surface area contributed by atoms with Gasteiger partial charge in [0.05, 0.1) is 6.67 Å². The minimum absolute atomic E-state index is 0.926. The van der Waals surface area contributed by atoms with Crippen LogP contribution in [0.15, 0.2) is 12.4 Å². The van der Waals surface area contributed by atoms with Crippen molar-refractivity contribution in [3.63, 3.8) is 0 Å². The van der Waals surface area contributed by atoms with Crippen molar-refractivity contribution in [3.05, 3.63) is 18.2 Å². The van der Waals surface area contributed by atoms with Gasteiger partial charge in [-0.15, -0.1) is 0 Å². The molecule has 0 saturated heterocycles. The molecule has 54 valence electrons. The van der Waals surface area contributed by atoms with Crippen LogP contribution < -0.4 is 5.32 Å². The van der Waals surface area contributed by atoms with Crippen LogP contribution in [-0.4, -0.2) is 16.1 Å². The van der Waals surface area contributed by atoms with E-state index in [9.17, 15) is 0 Å². The van der Waals surface area contributed by atoms with E-state index in [1.807, 2.05) is 12.4 Å². The predicted molar refractivity (Wildman–Crippen MR) is 38.6 cm³/mol. The Hall–Kier alpha value is -0.830. The van der Waals surface area contributed by atoms with Crippen LogP contribution in [0.5, 0.6) is 0 Å². The Morgan fingerprint density at radius 3 is 3.60 bits per heavy atom. The van der Waals surface area contributed by atoms with Gasteiger partial charge in [-0.2, -0.15) is 0 Å². The molecule has 1 aliphatic heterocycles. The molecule has 0 bridgehead atoms. The molecule has 1 aromatic rings. The molecule has 0 fully saturated rings. The Morgan fingerprint density at radius 2 is 2.60 bits per heavy atom. The predicted octanol–water partition coefficient (Wildman–Crippen LogP) is 0.376. The number of aryl methyl sites for hydroxylation is 1. The van der Waals surface area contributed by atoms with E-state index in [4.69, 9.17) is 0 Å². The molecule has 1 aliphatic rings. The third-order valence-electron chi connectivity index (χ3n) is 1.84. The van der Waals surface area contributed by atoms with E-state index in [-0.39, 0.29) is 0 Å². The average Bonchev–Trinajstić information content (AvgIpc) is 2.28. The molecule has 2 rings (SSSR count). The van der Waals surface area contributed by atoms with Crippen LogP contribution in [0.1, 0.15) is 12.2 Å². The Labute approximate surface area is 60.1 Å². The van der Waals surface area contributed by atoms with Gasteiger partial charge in [0.2, 0.25) is 0 Å². The summed E-state index contributed by atoms with van der Waals surface area (Å²) in [5, 5.41) is 3.31. The fourth-order valence-corrected chi connectivity index (χ4v) is 1.28. The van der Waals surface area contributed by atoms with Crippen LogP contribution in [0.4, 0.5) is 0 Å². The SMILES string of the molecule is c1cn2c(n1)CCCNC2. The van der Waals surface area contributed by atoms with Gasteiger partial charge in [0, 0.05) is 18.8 Å². The van der Waals surface area contributed by atoms with E-state index in [1.54, 1.807) is 0 Å². The van der Waals surface area contributed by atoms with Crippen LogP contribution in [0.25, 0.3) is 0 Å². The minimum Gasteiger partial charge on any atom is -0.322 e. The maximum absolute atomic E-state index is 4.24. The van der Waals surface area contributed by atoms with Crippen molar-refractivity contribution >= 4 is 0 Å². The van der Waals surface area contributed by atoms with Gasteiger partial charge in [0.15, 0.2) is 0 Å². The number of aromatic nitrogens is 2. The lowest BCUT2D eigenvalue weighted by molar-refractivity contribution is 0.579. The molecule has 3 heteroatoms. The molecule has 0 radical (unpaired) electrons. The van der Waals surface area contributed by atoms with Crippen LogP contribution in [0.2, 0.25) is 0 Å². The third kappa shape index (κ3) is 0.926. The largest absolute Gasteiger partial charge is 0.322 e. The fraction of sp³-hybridized carbons (Fsp3) is 0.571. The van der Waals surface area contributed by atoms with Gasteiger partial charge in [0.1, 0.15) is 5.82 Å². The molecule has 0 saturated carbocycles. The zero-order chi connectivity index (χ0) is 6.81. The number of nitrogens with one attached hydrogen (secondary N) is 1. The molecule has 0 aromatic carbocycles. The van der Waals surface area contributed by atoms with Gasteiger partial charge in [-0.05, 0) is 13.0 Å². The van der Waals surface area contributed by atoms with E-state index < -0.39 is 0 Å². The first-order valence-electron chi connectivity index (χ1n) is 3.67. The van der Waals surface area contributed by atoms with Gasteiger partial charge in [-0.3, -0.25) is 5.32 Å². The quantitative estimate of drug-likeness (QED) is 0.560.